The summed E-state index contributed by atoms with van der Waals surface area (Å²) in [7, 11) is 0. The van der Waals surface area contributed by atoms with E-state index in [0.717, 1.165) is 38.4 Å². The van der Waals surface area contributed by atoms with E-state index < -0.39 is 0 Å². The third-order valence-corrected chi connectivity index (χ3v) is 3.83. The molecular formula is C16H27N5O2. The number of rotatable bonds is 6. The van der Waals surface area contributed by atoms with E-state index in [9.17, 15) is 4.79 Å². The molecule has 0 radical (unpaired) electrons. The maximum absolute atomic E-state index is 12.0. The number of carbonyl (C=O) groups is 1. The first-order chi connectivity index (χ1) is 11.2. The van der Waals surface area contributed by atoms with E-state index in [-0.39, 0.29) is 11.9 Å². The van der Waals surface area contributed by atoms with Crippen molar-refractivity contribution in [3.63, 3.8) is 0 Å². The highest BCUT2D eigenvalue weighted by atomic mass is 16.5. The van der Waals surface area contributed by atoms with Gasteiger partial charge in [0.1, 0.15) is 0 Å². The summed E-state index contributed by atoms with van der Waals surface area (Å²) in [5.41, 5.74) is 0. The Morgan fingerprint density at radius 2 is 2.35 bits per heavy atom. The van der Waals surface area contributed by atoms with E-state index >= 15 is 0 Å². The van der Waals surface area contributed by atoms with Gasteiger partial charge in [-0.05, 0) is 32.8 Å². The van der Waals surface area contributed by atoms with Crippen LogP contribution < -0.4 is 5.32 Å². The van der Waals surface area contributed by atoms with Crippen molar-refractivity contribution in [1.82, 2.24) is 20.0 Å². The summed E-state index contributed by atoms with van der Waals surface area (Å²) in [5, 5.41) is 7.50. The summed E-state index contributed by atoms with van der Waals surface area (Å²) in [6.45, 7) is 8.14. The molecule has 128 valence electrons. The van der Waals surface area contributed by atoms with E-state index in [4.69, 9.17) is 4.74 Å². The van der Waals surface area contributed by atoms with Crippen molar-refractivity contribution in [2.45, 2.75) is 33.2 Å². The first kappa shape index (κ1) is 17.3. The summed E-state index contributed by atoms with van der Waals surface area (Å²) in [5.74, 6) is 0.719. The van der Waals surface area contributed by atoms with Gasteiger partial charge in [0.05, 0.1) is 25.6 Å². The highest BCUT2D eigenvalue weighted by Gasteiger charge is 2.28. The number of nitrogens with zero attached hydrogens (tertiary/aromatic N) is 4. The number of guanidine groups is 1. The number of esters is 1. The molecule has 0 saturated carbocycles. The molecule has 7 heteroatoms. The van der Waals surface area contributed by atoms with Crippen molar-refractivity contribution >= 4 is 11.9 Å². The molecule has 2 heterocycles. The third kappa shape index (κ3) is 5.26. The van der Waals surface area contributed by atoms with Gasteiger partial charge < -0.3 is 15.0 Å². The molecule has 0 spiro atoms. The van der Waals surface area contributed by atoms with E-state index in [1.54, 1.807) is 6.20 Å². The van der Waals surface area contributed by atoms with E-state index in [0.29, 0.717) is 19.7 Å². The highest BCUT2D eigenvalue weighted by Crippen LogP contribution is 2.18. The lowest BCUT2D eigenvalue weighted by Gasteiger charge is -2.34. The quantitative estimate of drug-likeness (QED) is 0.483. The molecule has 1 N–H and O–H groups in total. The zero-order valence-electron chi connectivity index (χ0n) is 14.1. The first-order valence-electron chi connectivity index (χ1n) is 8.42. The van der Waals surface area contributed by atoms with Gasteiger partial charge in [-0.15, -0.1) is 0 Å². The number of piperidine rings is 1. The van der Waals surface area contributed by atoms with Gasteiger partial charge in [0.15, 0.2) is 5.96 Å². The van der Waals surface area contributed by atoms with Crippen LogP contribution in [0.15, 0.2) is 23.5 Å². The van der Waals surface area contributed by atoms with E-state index in [1.165, 1.54) is 0 Å². The topological polar surface area (TPSA) is 71.8 Å². The number of aliphatic imine (C=N–C) groups is 1. The van der Waals surface area contributed by atoms with Crippen LogP contribution >= 0.6 is 0 Å². The number of hydrogen-bond donors (Lipinski definition) is 1. The number of hydrogen-bond acceptors (Lipinski definition) is 4. The standard InChI is InChI=1S/C16H27N5O2/c1-3-17-16(18-9-12-21-11-6-8-19-21)20-10-5-7-14(13-20)15(22)23-4-2/h6,8,11,14H,3-5,7,9-10,12-13H2,1-2H3,(H,17,18). The summed E-state index contributed by atoms with van der Waals surface area (Å²) in [6, 6.07) is 1.91. The van der Waals surface area contributed by atoms with Gasteiger partial charge in [-0.3, -0.25) is 14.5 Å². The molecule has 1 saturated heterocycles. The molecule has 0 aliphatic carbocycles. The minimum Gasteiger partial charge on any atom is -0.466 e. The van der Waals surface area contributed by atoms with Crippen LogP contribution in [0.2, 0.25) is 0 Å². The molecular weight excluding hydrogens is 294 g/mol. The van der Waals surface area contributed by atoms with Crippen molar-refractivity contribution in [2.24, 2.45) is 10.9 Å². The Labute approximate surface area is 137 Å². The second-order valence-electron chi connectivity index (χ2n) is 5.54. The predicted octanol–water partition coefficient (Wildman–Crippen LogP) is 1.12. The van der Waals surface area contributed by atoms with Crippen molar-refractivity contribution in [3.8, 4) is 0 Å². The second kappa shape index (κ2) is 9.17. The van der Waals surface area contributed by atoms with Gasteiger partial charge in [0.25, 0.3) is 0 Å². The minimum absolute atomic E-state index is 0.0568. The van der Waals surface area contributed by atoms with Gasteiger partial charge in [-0.2, -0.15) is 5.10 Å². The summed E-state index contributed by atoms with van der Waals surface area (Å²) in [4.78, 5) is 18.8. The SMILES string of the molecule is CCNC(=NCCn1cccn1)N1CCCC(C(=O)OCC)C1. The Hall–Kier alpha value is -2.05. The summed E-state index contributed by atoms with van der Waals surface area (Å²) >= 11 is 0. The smallest absolute Gasteiger partial charge is 0.310 e. The number of aromatic nitrogens is 2. The molecule has 0 aromatic carbocycles. The third-order valence-electron chi connectivity index (χ3n) is 3.83. The Balaban J connectivity index is 1.93. The van der Waals surface area contributed by atoms with Crippen LogP contribution in [0.4, 0.5) is 0 Å². The fourth-order valence-corrected chi connectivity index (χ4v) is 2.74. The van der Waals surface area contributed by atoms with E-state index in [2.05, 4.69) is 27.2 Å². The maximum atomic E-state index is 12.0. The molecule has 1 aliphatic heterocycles. The van der Waals surface area contributed by atoms with Crippen molar-refractivity contribution in [1.29, 1.82) is 0 Å². The Morgan fingerprint density at radius 3 is 3.04 bits per heavy atom. The molecule has 23 heavy (non-hydrogen) atoms. The van der Waals surface area contributed by atoms with Crippen molar-refractivity contribution in [2.75, 3.05) is 32.8 Å². The average molecular weight is 321 g/mol. The van der Waals surface area contributed by atoms with Crippen LogP contribution in [0.25, 0.3) is 0 Å². The lowest BCUT2D eigenvalue weighted by atomic mass is 9.98. The second-order valence-corrected chi connectivity index (χ2v) is 5.54. The molecule has 1 unspecified atom stereocenters. The monoisotopic (exact) mass is 321 g/mol. The van der Waals surface area contributed by atoms with Gasteiger partial charge in [-0.25, -0.2) is 0 Å². The first-order valence-corrected chi connectivity index (χ1v) is 8.42. The van der Waals surface area contributed by atoms with Gasteiger partial charge in [0, 0.05) is 32.0 Å². The average Bonchev–Trinajstić information content (AvgIpc) is 3.08. The zero-order valence-corrected chi connectivity index (χ0v) is 14.1. The number of ether oxygens (including phenoxy) is 1. The fraction of sp³-hybridized carbons (Fsp3) is 0.688. The molecule has 1 aromatic rings. The fourth-order valence-electron chi connectivity index (χ4n) is 2.74. The summed E-state index contributed by atoms with van der Waals surface area (Å²) in [6.07, 6.45) is 5.57. The maximum Gasteiger partial charge on any atom is 0.310 e. The zero-order chi connectivity index (χ0) is 16.5. The molecule has 1 aliphatic rings. The molecule has 0 amide bonds. The van der Waals surface area contributed by atoms with Gasteiger partial charge in [0.2, 0.25) is 0 Å². The minimum atomic E-state index is -0.0930. The van der Waals surface area contributed by atoms with Crippen molar-refractivity contribution < 1.29 is 9.53 Å². The largest absolute Gasteiger partial charge is 0.466 e. The molecule has 1 fully saturated rings. The van der Waals surface area contributed by atoms with Gasteiger partial charge in [-0.1, -0.05) is 0 Å². The highest BCUT2D eigenvalue weighted by molar-refractivity contribution is 5.81. The Bertz CT molecular complexity index is 501. The van der Waals surface area contributed by atoms with Crippen LogP contribution in [0, 0.1) is 5.92 Å². The van der Waals surface area contributed by atoms with Crippen LogP contribution in [-0.4, -0.2) is 59.4 Å². The summed E-state index contributed by atoms with van der Waals surface area (Å²) < 4.78 is 7.03. The Kier molecular flexibility index (Phi) is 6.90. The van der Waals surface area contributed by atoms with Crippen molar-refractivity contribution in [3.05, 3.63) is 18.5 Å². The van der Waals surface area contributed by atoms with Crippen LogP contribution in [0.5, 0.6) is 0 Å². The van der Waals surface area contributed by atoms with Crippen LogP contribution in [0.3, 0.4) is 0 Å². The lowest BCUT2D eigenvalue weighted by molar-refractivity contribution is -0.149. The van der Waals surface area contributed by atoms with Crippen LogP contribution in [0.1, 0.15) is 26.7 Å². The van der Waals surface area contributed by atoms with Gasteiger partial charge >= 0.3 is 5.97 Å². The predicted molar refractivity (Wildman–Crippen MR) is 89.1 cm³/mol. The molecule has 7 nitrogen and oxygen atoms in total. The molecule has 0 bridgehead atoms. The number of nitrogens with one attached hydrogen (secondary N) is 1. The molecule has 1 aromatic heterocycles. The van der Waals surface area contributed by atoms with E-state index in [1.807, 2.05) is 23.9 Å². The lowest BCUT2D eigenvalue weighted by Crippen LogP contribution is -2.48. The van der Waals surface area contributed by atoms with Crippen LogP contribution in [-0.2, 0) is 16.1 Å². The number of carbonyl (C=O) groups excluding carboxylic acids is 1. The normalized spacial score (nSPS) is 18.8. The molecule has 1 atom stereocenters. The number of likely N-dealkylation sites (tertiary alicyclic amines) is 1. The molecule has 2 rings (SSSR count). The Morgan fingerprint density at radius 1 is 1.48 bits per heavy atom.